The van der Waals surface area contributed by atoms with Crippen LogP contribution in [-0.2, 0) is 42.5 Å². The highest BCUT2D eigenvalue weighted by atomic mass is 28.4. The van der Waals surface area contributed by atoms with Crippen molar-refractivity contribution in [3.8, 4) is 0 Å². The fourth-order valence-electron chi connectivity index (χ4n) is 9.67. The number of rotatable bonds is 9. The summed E-state index contributed by atoms with van der Waals surface area (Å²) in [5, 5.41) is 15.0. The van der Waals surface area contributed by atoms with Crippen molar-refractivity contribution >= 4 is 38.1 Å². The number of nitrogens with one attached hydrogen (secondary N) is 1. The Kier molecular flexibility index (Phi) is 10.5. The summed E-state index contributed by atoms with van der Waals surface area (Å²) in [5.74, 6) is -3.66. The molecule has 59 heavy (non-hydrogen) atoms. The number of hydrogen-bond acceptors (Lipinski definition) is 12. The second-order valence-corrected chi connectivity index (χ2v) is 23.6. The van der Waals surface area contributed by atoms with Crippen molar-refractivity contribution in [3.05, 3.63) is 95.1 Å². The number of benzene rings is 2. The highest BCUT2D eigenvalue weighted by Gasteiger charge is 2.77. The Bertz CT molecular complexity index is 2110. The van der Waals surface area contributed by atoms with E-state index < -0.39 is 103 Å². The smallest absolute Gasteiger partial charge is 0.456 e. The first kappa shape index (κ1) is 42.5. The van der Waals surface area contributed by atoms with E-state index in [0.29, 0.717) is 16.7 Å². The van der Waals surface area contributed by atoms with Crippen molar-refractivity contribution in [2.45, 2.75) is 128 Å². The van der Waals surface area contributed by atoms with Crippen molar-refractivity contribution in [1.29, 1.82) is 0 Å². The average molecular weight is 830 g/mol. The Morgan fingerprint density at radius 1 is 0.966 bits per heavy atom. The summed E-state index contributed by atoms with van der Waals surface area (Å²) in [5.41, 5.74) is -4.45. The van der Waals surface area contributed by atoms with Gasteiger partial charge in [0.05, 0.1) is 24.0 Å². The van der Waals surface area contributed by atoms with Crippen LogP contribution in [-0.4, -0.2) is 91.5 Å². The Morgan fingerprint density at radius 2 is 1.59 bits per heavy atom. The van der Waals surface area contributed by atoms with Gasteiger partial charge >= 0.3 is 18.1 Å². The molecule has 0 radical (unpaired) electrons. The van der Waals surface area contributed by atoms with E-state index >= 15 is 9.59 Å². The Hall–Kier alpha value is -4.63. The number of ketones is 1. The fourth-order valence-corrected chi connectivity index (χ4v) is 10.9. The summed E-state index contributed by atoms with van der Waals surface area (Å²) in [6, 6.07) is 16.6. The number of carbonyl (C=O) groups is 5. The van der Waals surface area contributed by atoms with Crippen LogP contribution in [0.4, 0.5) is 4.79 Å². The third-order valence-electron chi connectivity index (χ3n) is 14.0. The Morgan fingerprint density at radius 3 is 2.17 bits per heavy atom. The van der Waals surface area contributed by atoms with Crippen LogP contribution < -0.4 is 5.32 Å². The maximum absolute atomic E-state index is 15.2. The van der Waals surface area contributed by atoms with Gasteiger partial charge in [-0.25, -0.2) is 9.59 Å². The zero-order valence-electron chi connectivity index (χ0n) is 35.3. The number of allylic oxidation sites excluding steroid dienone is 1. The molecule has 0 aromatic heterocycles. The topological polar surface area (TPSA) is 173 Å². The molecule has 1 spiro atoms. The first-order valence-electron chi connectivity index (χ1n) is 20.1. The molecule has 13 nitrogen and oxygen atoms in total. The van der Waals surface area contributed by atoms with Gasteiger partial charge in [0.1, 0.15) is 17.8 Å². The minimum Gasteiger partial charge on any atom is -0.456 e. The number of amides is 1. The first-order chi connectivity index (χ1) is 27.5. The van der Waals surface area contributed by atoms with E-state index in [1.807, 2.05) is 39.9 Å². The zero-order valence-corrected chi connectivity index (χ0v) is 36.3. The Labute approximate surface area is 345 Å². The maximum Gasteiger partial charge on any atom is 0.509 e. The van der Waals surface area contributed by atoms with Crippen molar-refractivity contribution in [3.63, 3.8) is 0 Å². The van der Waals surface area contributed by atoms with E-state index in [1.165, 1.54) is 6.92 Å². The lowest BCUT2D eigenvalue weighted by atomic mass is 9.47. The highest BCUT2D eigenvalue weighted by molar-refractivity contribution is 6.74. The summed E-state index contributed by atoms with van der Waals surface area (Å²) in [7, 11) is -2.82. The molecule has 2 bridgehead atoms. The van der Waals surface area contributed by atoms with Crippen LogP contribution in [0.3, 0.4) is 0 Å². The third kappa shape index (κ3) is 6.76. The molecular weight excluding hydrogens is 775 g/mol. The molecule has 7 rings (SSSR count). The van der Waals surface area contributed by atoms with Crippen LogP contribution >= 0.6 is 0 Å². The summed E-state index contributed by atoms with van der Waals surface area (Å²) < 4.78 is 37.5. The molecular formula is C45H55NO12Si. The molecule has 2 aliphatic heterocycles. The molecule has 2 aromatic rings. The molecule has 5 aliphatic rings. The van der Waals surface area contributed by atoms with Gasteiger partial charge in [-0.1, -0.05) is 95.3 Å². The van der Waals surface area contributed by atoms with Crippen LogP contribution in [0, 0.1) is 16.7 Å². The first-order valence-corrected chi connectivity index (χ1v) is 23.0. The number of aliphatic hydroxyl groups is 1. The van der Waals surface area contributed by atoms with Crippen LogP contribution in [0.15, 0.2) is 84.0 Å². The monoisotopic (exact) mass is 829 g/mol. The number of hydrogen-bond donors (Lipinski definition) is 2. The summed E-state index contributed by atoms with van der Waals surface area (Å²) >= 11 is 0. The second-order valence-electron chi connectivity index (χ2n) is 18.9. The summed E-state index contributed by atoms with van der Waals surface area (Å²) in [4.78, 5) is 70.6. The minimum absolute atomic E-state index is 0.143. The molecule has 1 saturated carbocycles. The lowest BCUT2D eigenvalue weighted by Gasteiger charge is -2.62. The largest absolute Gasteiger partial charge is 0.509 e. The lowest BCUT2D eigenvalue weighted by Crippen LogP contribution is -2.76. The molecule has 3 aliphatic carbocycles. The summed E-state index contributed by atoms with van der Waals surface area (Å²) in [6.45, 7) is 18.0. The third-order valence-corrected chi connectivity index (χ3v) is 18.4. The molecule has 10 atom stereocenters. The van der Waals surface area contributed by atoms with Gasteiger partial charge in [-0.3, -0.25) is 14.4 Å². The quantitative estimate of drug-likeness (QED) is 0.125. The molecule has 0 unspecified atom stereocenters. The van der Waals surface area contributed by atoms with Gasteiger partial charge in [0.25, 0.3) is 5.91 Å². The number of esters is 2. The fraction of sp³-hybridized carbons (Fsp3) is 0.533. The standard InChI is InChI=1S/C45H55NO12Si/c1-25-29(55-39(50)34(58-59(9,10)41(3,4)5)32(27-17-13-11-14-18-27)46-38(49)28-19-15-12-16-20-28)23-45-37(56-40(51)57-45)35-43(8,22-21-30-44(35,52)24-53-30)36(48)33(54-26(2)47)31(25)42(45,6)7/h11-22,29-30,32-35,37,52H,23-24H2,1-10H3,(H,46,49)/t29-,30+,32-,33+,34+,35-,37-,43+,44-,45+/m0/s1. The molecule has 2 heterocycles. The number of ether oxygens (including phenoxy) is 5. The van der Waals surface area contributed by atoms with Crippen molar-refractivity contribution < 1.29 is 57.2 Å². The van der Waals surface area contributed by atoms with E-state index in [0.717, 1.165) is 0 Å². The molecule has 316 valence electrons. The lowest BCUT2D eigenvalue weighted by molar-refractivity contribution is -0.287. The van der Waals surface area contributed by atoms with Gasteiger partial charge in [0.15, 0.2) is 38.0 Å². The maximum atomic E-state index is 15.2. The molecule has 2 N–H and O–H groups in total. The molecule has 1 amide bonds. The van der Waals surface area contributed by atoms with Crippen LogP contribution in [0.25, 0.3) is 0 Å². The predicted octanol–water partition coefficient (Wildman–Crippen LogP) is 6.32. The van der Waals surface area contributed by atoms with Crippen molar-refractivity contribution in [2.24, 2.45) is 16.7 Å². The highest BCUT2D eigenvalue weighted by Crippen LogP contribution is 2.65. The van der Waals surface area contributed by atoms with Gasteiger partial charge in [-0.15, -0.1) is 0 Å². The van der Waals surface area contributed by atoms with Crippen molar-refractivity contribution in [1.82, 2.24) is 5.32 Å². The Balaban J connectivity index is 1.38. The SMILES string of the molecule is CC(=O)O[C@H]1C(=O)[C@]2(C)C=C[C@H]3OC[C@@]3(O)[C@H]2[C@@H]2OC(=O)O[C@]23C[C@H](OC(=O)[C@H](O[Si](C)(C)C(C)(C)C)[C@@H](NC(=O)c2ccccc2)c2ccccc2)C(C)=C1C3(C)C. The van der Waals surface area contributed by atoms with Gasteiger partial charge in [0, 0.05) is 24.3 Å². The van der Waals surface area contributed by atoms with E-state index in [1.54, 1.807) is 94.4 Å². The number of carbonyl (C=O) groups excluding carboxylic acids is 5. The molecule has 3 fully saturated rings. The minimum atomic E-state index is -2.82. The predicted molar refractivity (Wildman–Crippen MR) is 216 cm³/mol. The van der Waals surface area contributed by atoms with E-state index in [-0.39, 0.29) is 23.6 Å². The zero-order chi connectivity index (χ0) is 43.1. The van der Waals surface area contributed by atoms with Crippen LogP contribution in [0.1, 0.15) is 83.8 Å². The van der Waals surface area contributed by atoms with Crippen molar-refractivity contribution in [2.75, 3.05) is 6.61 Å². The van der Waals surface area contributed by atoms with Gasteiger partial charge in [-0.2, -0.15) is 0 Å². The van der Waals surface area contributed by atoms with Crippen LogP contribution in [0.5, 0.6) is 0 Å². The normalized spacial score (nSPS) is 33.0. The summed E-state index contributed by atoms with van der Waals surface area (Å²) in [6.07, 6.45) is -4.06. The van der Waals surface area contributed by atoms with Gasteiger partial charge < -0.3 is 38.5 Å². The molecule has 2 aromatic carbocycles. The van der Waals surface area contributed by atoms with Gasteiger partial charge in [-0.05, 0) is 60.8 Å². The van der Waals surface area contributed by atoms with Crippen LogP contribution in [0.2, 0.25) is 18.1 Å². The molecule has 14 heteroatoms. The average Bonchev–Trinajstić information content (AvgIpc) is 3.49. The number of fused-ring (bicyclic) bond motifs is 5. The molecule has 2 saturated heterocycles. The van der Waals surface area contributed by atoms with E-state index in [2.05, 4.69) is 5.32 Å². The van der Waals surface area contributed by atoms with E-state index in [9.17, 15) is 19.5 Å². The van der Waals surface area contributed by atoms with Gasteiger partial charge in [0.2, 0.25) is 0 Å². The number of Topliss-reactive ketones (excluding diaryl/α,β-unsaturated/α-hetero) is 1. The second kappa shape index (κ2) is 14.5. The van der Waals surface area contributed by atoms with E-state index in [4.69, 9.17) is 28.1 Å².